The van der Waals surface area contributed by atoms with Crippen molar-refractivity contribution < 1.29 is 0 Å². The van der Waals surface area contributed by atoms with E-state index in [-0.39, 0.29) is 0 Å². The molecule has 0 nitrogen and oxygen atoms in total. The summed E-state index contributed by atoms with van der Waals surface area (Å²) < 4.78 is 0. The number of halogens is 1. The van der Waals surface area contributed by atoms with Crippen LogP contribution < -0.4 is 0 Å². The topological polar surface area (TPSA) is 0 Å². The molecule has 3 atom stereocenters. The largest absolute Gasteiger partial charge is 0.0888 e. The smallest absolute Gasteiger partial charge is 0.0174 e. The zero-order chi connectivity index (χ0) is 8.43. The van der Waals surface area contributed by atoms with Gasteiger partial charge in [0, 0.05) is 4.83 Å². The summed E-state index contributed by atoms with van der Waals surface area (Å²) in [5.41, 5.74) is 0. The van der Waals surface area contributed by atoms with E-state index in [1.165, 1.54) is 19.3 Å². The van der Waals surface area contributed by atoms with Crippen molar-refractivity contribution in [2.75, 3.05) is 0 Å². The van der Waals surface area contributed by atoms with Crippen LogP contribution in [0, 0.1) is 17.8 Å². The second-order valence-corrected chi connectivity index (χ2v) is 5.52. The summed E-state index contributed by atoms with van der Waals surface area (Å²) in [6, 6.07) is 0. The molecule has 0 aromatic carbocycles. The van der Waals surface area contributed by atoms with Gasteiger partial charge in [0.1, 0.15) is 0 Å². The van der Waals surface area contributed by atoms with Crippen LogP contribution >= 0.6 is 15.9 Å². The van der Waals surface area contributed by atoms with Gasteiger partial charge in [0.05, 0.1) is 0 Å². The van der Waals surface area contributed by atoms with E-state index in [1.54, 1.807) is 0 Å². The predicted molar refractivity (Wildman–Crippen MR) is 54.1 cm³/mol. The van der Waals surface area contributed by atoms with E-state index in [0.29, 0.717) is 0 Å². The van der Waals surface area contributed by atoms with Crippen molar-refractivity contribution in [1.82, 2.24) is 0 Å². The Hall–Kier alpha value is 0.480. The van der Waals surface area contributed by atoms with Gasteiger partial charge in [0.2, 0.25) is 0 Å². The van der Waals surface area contributed by atoms with Crippen LogP contribution in [-0.4, -0.2) is 4.83 Å². The van der Waals surface area contributed by atoms with Crippen molar-refractivity contribution in [2.24, 2.45) is 17.8 Å². The first-order valence-corrected chi connectivity index (χ1v) is 5.67. The van der Waals surface area contributed by atoms with Crippen LogP contribution in [0.15, 0.2) is 0 Å². The maximum atomic E-state index is 3.73. The Bertz CT molecular complexity index is 120. The molecule has 11 heavy (non-hydrogen) atoms. The van der Waals surface area contributed by atoms with E-state index >= 15 is 0 Å². The predicted octanol–water partition coefficient (Wildman–Crippen LogP) is 3.84. The third-order valence-corrected chi connectivity index (χ3v) is 4.19. The van der Waals surface area contributed by atoms with Gasteiger partial charge in [-0.25, -0.2) is 0 Å². The van der Waals surface area contributed by atoms with Crippen LogP contribution in [0.4, 0.5) is 0 Å². The lowest BCUT2D eigenvalue weighted by molar-refractivity contribution is 0.347. The van der Waals surface area contributed by atoms with Crippen molar-refractivity contribution in [3.8, 4) is 0 Å². The Labute approximate surface area is 78.9 Å². The SMILES string of the molecule is CC(C)CC1CCC(Br)C1C. The van der Waals surface area contributed by atoms with Gasteiger partial charge in [0.15, 0.2) is 0 Å². The molecule has 1 saturated carbocycles. The van der Waals surface area contributed by atoms with Crippen molar-refractivity contribution >= 4 is 15.9 Å². The molecule has 0 saturated heterocycles. The molecule has 3 unspecified atom stereocenters. The molecule has 1 aliphatic carbocycles. The van der Waals surface area contributed by atoms with Crippen LogP contribution in [0.2, 0.25) is 0 Å². The van der Waals surface area contributed by atoms with Crippen molar-refractivity contribution in [2.45, 2.75) is 44.9 Å². The molecule has 0 spiro atoms. The number of rotatable bonds is 2. The average Bonchev–Trinajstić information content (AvgIpc) is 2.18. The molecule has 1 aliphatic rings. The zero-order valence-corrected chi connectivity index (χ0v) is 9.39. The minimum absolute atomic E-state index is 0.797. The summed E-state index contributed by atoms with van der Waals surface area (Å²) >= 11 is 3.73. The number of alkyl halides is 1. The first-order valence-electron chi connectivity index (χ1n) is 4.75. The molecule has 66 valence electrons. The minimum atomic E-state index is 0.797. The first kappa shape index (κ1) is 9.57. The van der Waals surface area contributed by atoms with Gasteiger partial charge in [-0.05, 0) is 37.0 Å². The molecule has 0 radical (unpaired) electrons. The fourth-order valence-corrected chi connectivity index (χ4v) is 2.83. The lowest BCUT2D eigenvalue weighted by Crippen LogP contribution is -2.12. The van der Waals surface area contributed by atoms with Crippen LogP contribution in [0.5, 0.6) is 0 Å². The Morgan fingerprint density at radius 2 is 2.00 bits per heavy atom. The summed E-state index contributed by atoms with van der Waals surface area (Å²) in [6.45, 7) is 7.04. The summed E-state index contributed by atoms with van der Waals surface area (Å²) in [5.74, 6) is 2.76. The van der Waals surface area contributed by atoms with Crippen LogP contribution in [0.3, 0.4) is 0 Å². The third-order valence-electron chi connectivity index (χ3n) is 2.90. The standard InChI is InChI=1S/C10H19Br/c1-7(2)6-9-4-5-10(11)8(9)3/h7-10H,4-6H2,1-3H3. The molecule has 0 aromatic rings. The monoisotopic (exact) mass is 218 g/mol. The summed E-state index contributed by atoms with van der Waals surface area (Å²) in [6.07, 6.45) is 4.25. The highest BCUT2D eigenvalue weighted by Crippen LogP contribution is 2.39. The van der Waals surface area contributed by atoms with E-state index in [2.05, 4.69) is 36.7 Å². The van der Waals surface area contributed by atoms with E-state index < -0.39 is 0 Å². The Morgan fingerprint density at radius 3 is 2.36 bits per heavy atom. The second kappa shape index (κ2) is 3.93. The summed E-state index contributed by atoms with van der Waals surface area (Å²) in [7, 11) is 0. The molecule has 1 fully saturated rings. The molecule has 1 rings (SSSR count). The molecule has 0 aromatic heterocycles. The van der Waals surface area contributed by atoms with E-state index in [0.717, 1.165) is 22.6 Å². The molecular weight excluding hydrogens is 200 g/mol. The highest BCUT2D eigenvalue weighted by molar-refractivity contribution is 9.09. The minimum Gasteiger partial charge on any atom is -0.0888 e. The van der Waals surface area contributed by atoms with E-state index in [9.17, 15) is 0 Å². The highest BCUT2D eigenvalue weighted by atomic mass is 79.9. The lowest BCUT2D eigenvalue weighted by atomic mass is 9.89. The highest BCUT2D eigenvalue weighted by Gasteiger charge is 2.30. The maximum absolute atomic E-state index is 3.73. The number of hydrogen-bond acceptors (Lipinski definition) is 0. The van der Waals surface area contributed by atoms with Gasteiger partial charge in [-0.1, -0.05) is 36.7 Å². The van der Waals surface area contributed by atoms with Crippen molar-refractivity contribution in [3.63, 3.8) is 0 Å². The molecule has 0 bridgehead atoms. The third kappa shape index (κ3) is 2.47. The van der Waals surface area contributed by atoms with Gasteiger partial charge >= 0.3 is 0 Å². The lowest BCUT2D eigenvalue weighted by Gasteiger charge is -2.18. The Morgan fingerprint density at radius 1 is 1.36 bits per heavy atom. The van der Waals surface area contributed by atoms with Gasteiger partial charge < -0.3 is 0 Å². The zero-order valence-electron chi connectivity index (χ0n) is 7.81. The molecular formula is C10H19Br. The van der Waals surface area contributed by atoms with Crippen LogP contribution in [0.25, 0.3) is 0 Å². The van der Waals surface area contributed by atoms with Gasteiger partial charge in [-0.15, -0.1) is 0 Å². The fraction of sp³-hybridized carbons (Fsp3) is 1.00. The molecule has 0 N–H and O–H groups in total. The average molecular weight is 219 g/mol. The van der Waals surface area contributed by atoms with E-state index in [4.69, 9.17) is 0 Å². The quantitative estimate of drug-likeness (QED) is 0.619. The normalized spacial score (nSPS) is 38.5. The fourth-order valence-electron chi connectivity index (χ4n) is 2.13. The van der Waals surface area contributed by atoms with E-state index in [1.807, 2.05) is 0 Å². The first-order chi connectivity index (χ1) is 5.11. The van der Waals surface area contributed by atoms with Gasteiger partial charge in [-0.2, -0.15) is 0 Å². The van der Waals surface area contributed by atoms with Gasteiger partial charge in [0.25, 0.3) is 0 Å². The molecule has 0 aliphatic heterocycles. The van der Waals surface area contributed by atoms with Crippen LogP contribution in [0.1, 0.15) is 40.0 Å². The number of hydrogen-bond donors (Lipinski definition) is 0. The summed E-state index contributed by atoms with van der Waals surface area (Å²) in [4.78, 5) is 0.797. The van der Waals surface area contributed by atoms with Crippen LogP contribution in [-0.2, 0) is 0 Å². The molecule has 1 heteroatoms. The van der Waals surface area contributed by atoms with Gasteiger partial charge in [-0.3, -0.25) is 0 Å². The van der Waals surface area contributed by atoms with Crippen molar-refractivity contribution in [1.29, 1.82) is 0 Å². The Balaban J connectivity index is 2.36. The molecule has 0 amide bonds. The maximum Gasteiger partial charge on any atom is 0.0174 e. The second-order valence-electron chi connectivity index (χ2n) is 4.34. The summed E-state index contributed by atoms with van der Waals surface area (Å²) in [5, 5.41) is 0. The van der Waals surface area contributed by atoms with Crippen molar-refractivity contribution in [3.05, 3.63) is 0 Å². The Kier molecular flexibility index (Phi) is 3.42. The molecule has 0 heterocycles.